The average molecular weight is 369 g/mol. The molecule has 1 saturated carbocycles. The number of alkyl halides is 1. The van der Waals surface area contributed by atoms with Crippen molar-refractivity contribution in [1.82, 2.24) is 0 Å². The first-order valence-corrected chi connectivity index (χ1v) is 7.66. The molecular weight excluding hydrogens is 353 g/mol. The third kappa shape index (κ3) is 2.06. The molecule has 0 heterocycles. The Balaban J connectivity index is 2.13. The van der Waals surface area contributed by atoms with Gasteiger partial charge in [0.25, 0.3) is 0 Å². The smallest absolute Gasteiger partial charge is 0.240 e. The van der Waals surface area contributed by atoms with Crippen LogP contribution in [0.3, 0.4) is 0 Å². The van der Waals surface area contributed by atoms with Crippen LogP contribution < -0.4 is 0 Å². The maximum absolute atomic E-state index is 10.8. The first kappa shape index (κ1) is 13.3. The molecule has 3 atom stereocenters. The number of rotatable bonds is 3. The van der Waals surface area contributed by atoms with Gasteiger partial charge in [0, 0.05) is 13.0 Å². The Morgan fingerprint density at radius 3 is 3.21 bits per heavy atom. The highest BCUT2D eigenvalue weighted by Gasteiger charge is 2.48. The zero-order valence-electron chi connectivity index (χ0n) is 10.9. The van der Waals surface area contributed by atoms with Crippen LogP contribution >= 0.6 is 22.6 Å². The van der Waals surface area contributed by atoms with E-state index in [1.54, 1.807) is 13.2 Å². The van der Waals surface area contributed by atoms with Crippen LogP contribution in [0.2, 0.25) is 0 Å². The predicted molar refractivity (Wildman–Crippen MR) is 81.8 cm³/mol. The second-order valence-corrected chi connectivity index (χ2v) is 7.51. The molecule has 4 heteroatoms. The number of hydrogen-bond donors (Lipinski definition) is 0. The van der Waals surface area contributed by atoms with Gasteiger partial charge in [0.1, 0.15) is 0 Å². The fourth-order valence-electron chi connectivity index (χ4n) is 3.68. The van der Waals surface area contributed by atoms with Crippen molar-refractivity contribution in [2.24, 2.45) is 16.8 Å². The van der Waals surface area contributed by atoms with Crippen molar-refractivity contribution in [3.05, 3.63) is 35.1 Å². The summed E-state index contributed by atoms with van der Waals surface area (Å²) in [7, 11) is 1.74. The number of ether oxygens (including phenoxy) is 1. The van der Waals surface area contributed by atoms with E-state index in [4.69, 9.17) is 4.74 Å². The summed E-state index contributed by atoms with van der Waals surface area (Å²) in [6, 6.07) is 0. The Morgan fingerprint density at radius 1 is 1.63 bits per heavy atom. The lowest BCUT2D eigenvalue weighted by atomic mass is 9.77. The van der Waals surface area contributed by atoms with Crippen molar-refractivity contribution in [3.8, 4) is 0 Å². The predicted octanol–water partition coefficient (Wildman–Crippen LogP) is 3.32. The Labute approximate surface area is 126 Å². The molecule has 0 bridgehead atoms. The third-order valence-corrected chi connectivity index (χ3v) is 5.83. The summed E-state index contributed by atoms with van der Waals surface area (Å²) in [5, 5.41) is 0. The van der Waals surface area contributed by atoms with Crippen LogP contribution in [-0.2, 0) is 9.53 Å². The van der Waals surface area contributed by atoms with E-state index in [1.165, 1.54) is 11.1 Å². The SMILES string of the molecule is COCC1(I)CCC2CC3C=CC=C3C(N=C=O)=C21. The molecule has 3 aliphatic rings. The molecular formula is C15H16INO2. The van der Waals surface area contributed by atoms with Gasteiger partial charge in [-0.05, 0) is 36.3 Å². The number of isocyanates is 1. The van der Waals surface area contributed by atoms with Gasteiger partial charge < -0.3 is 4.74 Å². The van der Waals surface area contributed by atoms with Crippen LogP contribution in [0.1, 0.15) is 19.3 Å². The average Bonchev–Trinajstić information content (AvgIpc) is 2.96. The topological polar surface area (TPSA) is 38.7 Å². The van der Waals surface area contributed by atoms with E-state index in [9.17, 15) is 4.79 Å². The standard InChI is InChI=1S/C15H16INO2/c1-19-8-15(16)6-5-11-7-10-3-2-4-12(10)14(13(11)15)17-9-18/h2-4,10-11H,5-8H2,1H3. The van der Waals surface area contributed by atoms with E-state index in [1.807, 2.05) is 0 Å². The number of allylic oxidation sites excluding steroid dienone is 4. The quantitative estimate of drug-likeness (QED) is 0.331. The fourth-order valence-corrected chi connectivity index (χ4v) is 5.00. The molecule has 0 aromatic carbocycles. The van der Waals surface area contributed by atoms with Gasteiger partial charge in [-0.1, -0.05) is 40.8 Å². The molecule has 3 unspecified atom stereocenters. The lowest BCUT2D eigenvalue weighted by Crippen LogP contribution is -2.30. The minimum absolute atomic E-state index is 0.0126. The van der Waals surface area contributed by atoms with Crippen LogP contribution in [-0.4, -0.2) is 23.2 Å². The fraction of sp³-hybridized carbons (Fsp3) is 0.533. The molecule has 19 heavy (non-hydrogen) atoms. The molecule has 0 spiro atoms. The molecule has 0 aromatic heterocycles. The van der Waals surface area contributed by atoms with Crippen LogP contribution in [0.5, 0.6) is 0 Å². The molecule has 0 aromatic rings. The van der Waals surface area contributed by atoms with E-state index in [0.29, 0.717) is 18.4 Å². The Morgan fingerprint density at radius 2 is 2.47 bits per heavy atom. The molecule has 3 nitrogen and oxygen atoms in total. The first-order valence-electron chi connectivity index (χ1n) is 6.59. The van der Waals surface area contributed by atoms with E-state index in [0.717, 1.165) is 25.0 Å². The summed E-state index contributed by atoms with van der Waals surface area (Å²) in [6.45, 7) is 0.683. The molecule has 1 fully saturated rings. The summed E-state index contributed by atoms with van der Waals surface area (Å²) >= 11 is 2.49. The second-order valence-electron chi connectivity index (χ2n) is 5.45. The molecule has 100 valence electrons. The number of aliphatic imine (C=N–C) groups is 1. The van der Waals surface area contributed by atoms with Crippen LogP contribution in [0, 0.1) is 11.8 Å². The third-order valence-electron chi connectivity index (χ3n) is 4.40. The number of halogens is 1. The van der Waals surface area contributed by atoms with Gasteiger partial charge in [0.05, 0.1) is 15.7 Å². The Hall–Kier alpha value is -0.710. The number of fused-ring (bicyclic) bond motifs is 2. The molecule has 0 radical (unpaired) electrons. The van der Waals surface area contributed by atoms with Crippen molar-refractivity contribution in [2.45, 2.75) is 22.7 Å². The molecule has 0 aliphatic heterocycles. The van der Waals surface area contributed by atoms with Gasteiger partial charge in [-0.25, -0.2) is 4.79 Å². The molecule has 0 amide bonds. The Bertz CT molecular complexity index is 542. The monoisotopic (exact) mass is 369 g/mol. The van der Waals surface area contributed by atoms with Crippen LogP contribution in [0.4, 0.5) is 0 Å². The maximum Gasteiger partial charge on any atom is 0.240 e. The second kappa shape index (κ2) is 5.00. The van der Waals surface area contributed by atoms with Gasteiger partial charge in [0.15, 0.2) is 0 Å². The highest BCUT2D eigenvalue weighted by atomic mass is 127. The van der Waals surface area contributed by atoms with Crippen molar-refractivity contribution < 1.29 is 9.53 Å². The number of nitrogens with zero attached hydrogens (tertiary/aromatic N) is 1. The number of carbonyl (C=O) groups excluding carboxylic acids is 1. The maximum atomic E-state index is 10.8. The van der Waals surface area contributed by atoms with Gasteiger partial charge >= 0.3 is 0 Å². The first-order chi connectivity index (χ1) is 9.19. The number of methoxy groups -OCH3 is 1. The largest absolute Gasteiger partial charge is 0.383 e. The lowest BCUT2D eigenvalue weighted by Gasteiger charge is -2.33. The van der Waals surface area contributed by atoms with Crippen molar-refractivity contribution >= 4 is 28.7 Å². The molecule has 0 N–H and O–H groups in total. The Kier molecular flexibility index (Phi) is 3.50. The van der Waals surface area contributed by atoms with E-state index >= 15 is 0 Å². The van der Waals surface area contributed by atoms with Crippen molar-refractivity contribution in [1.29, 1.82) is 0 Å². The van der Waals surface area contributed by atoms with Gasteiger partial charge in [-0.3, -0.25) is 0 Å². The number of hydrogen-bond acceptors (Lipinski definition) is 3. The lowest BCUT2D eigenvalue weighted by molar-refractivity contribution is 0.184. The minimum Gasteiger partial charge on any atom is -0.383 e. The summed E-state index contributed by atoms with van der Waals surface area (Å²) in [6.07, 6.45) is 11.5. The van der Waals surface area contributed by atoms with Crippen LogP contribution in [0.25, 0.3) is 0 Å². The van der Waals surface area contributed by atoms with E-state index in [-0.39, 0.29) is 3.42 Å². The van der Waals surface area contributed by atoms with Crippen LogP contribution in [0.15, 0.2) is 40.1 Å². The molecule has 3 aliphatic carbocycles. The van der Waals surface area contributed by atoms with Gasteiger partial charge in [-0.15, -0.1) is 0 Å². The summed E-state index contributed by atoms with van der Waals surface area (Å²) in [5.41, 5.74) is 3.38. The molecule has 3 rings (SSSR count). The zero-order valence-corrected chi connectivity index (χ0v) is 13.0. The van der Waals surface area contributed by atoms with Gasteiger partial charge in [0.2, 0.25) is 6.08 Å². The zero-order chi connectivity index (χ0) is 13.5. The summed E-state index contributed by atoms with van der Waals surface area (Å²) < 4.78 is 5.39. The van der Waals surface area contributed by atoms with Crippen molar-refractivity contribution in [2.75, 3.05) is 13.7 Å². The van der Waals surface area contributed by atoms with Gasteiger partial charge in [-0.2, -0.15) is 4.99 Å². The van der Waals surface area contributed by atoms with Crippen molar-refractivity contribution in [3.63, 3.8) is 0 Å². The molecule has 0 saturated heterocycles. The summed E-state index contributed by atoms with van der Waals surface area (Å²) in [5.74, 6) is 0.964. The minimum atomic E-state index is -0.0126. The summed E-state index contributed by atoms with van der Waals surface area (Å²) in [4.78, 5) is 14.9. The van der Waals surface area contributed by atoms with E-state index < -0.39 is 0 Å². The van der Waals surface area contributed by atoms with E-state index in [2.05, 4.69) is 45.8 Å². The normalized spacial score (nSPS) is 35.8. The highest BCUT2D eigenvalue weighted by Crippen LogP contribution is 2.55. The highest BCUT2D eigenvalue weighted by molar-refractivity contribution is 14.1.